The number of anilines is 1. The van der Waals surface area contributed by atoms with E-state index in [1.807, 2.05) is 0 Å². The van der Waals surface area contributed by atoms with Crippen molar-refractivity contribution in [1.82, 2.24) is 15.2 Å². The fourth-order valence-corrected chi connectivity index (χ4v) is 5.50. The van der Waals surface area contributed by atoms with E-state index in [0.717, 1.165) is 31.2 Å². The largest absolute Gasteiger partial charge is 0.377 e. The van der Waals surface area contributed by atoms with E-state index >= 15 is 0 Å². The number of thiophene rings is 1. The average Bonchev–Trinajstić information content (AvgIpc) is 3.29. The number of hydrogen-bond donors (Lipinski definition) is 2. The Morgan fingerprint density at radius 2 is 2.31 bits per heavy atom. The summed E-state index contributed by atoms with van der Waals surface area (Å²) in [6.07, 6.45) is 4.13. The van der Waals surface area contributed by atoms with Crippen LogP contribution in [0.15, 0.2) is 5.16 Å². The molecule has 2 N–H and O–H groups in total. The van der Waals surface area contributed by atoms with E-state index in [0.29, 0.717) is 34.1 Å². The molecule has 0 fully saturated rings. The molecule has 0 aromatic carbocycles. The van der Waals surface area contributed by atoms with Gasteiger partial charge in [0.25, 0.3) is 0 Å². The number of fused-ring (bicyclic) bond motifs is 1. The summed E-state index contributed by atoms with van der Waals surface area (Å²) in [6.45, 7) is 7.23. The number of nitriles is 1. The van der Waals surface area contributed by atoms with Crippen LogP contribution in [0.4, 0.5) is 5.00 Å². The minimum Gasteiger partial charge on any atom is -0.377 e. The molecular weight excluding hydrogens is 406 g/mol. The lowest BCUT2D eigenvalue weighted by atomic mass is 9.69. The number of ether oxygens (including phenoxy) is 1. The monoisotopic (exact) mass is 433 g/mol. The molecule has 1 aliphatic rings. The van der Waals surface area contributed by atoms with Gasteiger partial charge in [-0.05, 0) is 36.2 Å². The first-order chi connectivity index (χ1) is 13.9. The fraction of sp³-hybridized carbons (Fsp3) is 0.600. The van der Waals surface area contributed by atoms with E-state index in [9.17, 15) is 10.1 Å². The van der Waals surface area contributed by atoms with Gasteiger partial charge in [-0.15, -0.1) is 16.4 Å². The van der Waals surface area contributed by atoms with E-state index in [2.05, 4.69) is 47.3 Å². The molecule has 0 saturated carbocycles. The van der Waals surface area contributed by atoms with Crippen LogP contribution in [0.5, 0.6) is 0 Å². The number of nitrogens with zero attached hydrogens (tertiary/aromatic N) is 3. The van der Waals surface area contributed by atoms with Crippen molar-refractivity contribution in [3.63, 3.8) is 0 Å². The summed E-state index contributed by atoms with van der Waals surface area (Å²) in [6, 6.07) is 2.31. The molecule has 2 aromatic rings. The summed E-state index contributed by atoms with van der Waals surface area (Å²) >= 11 is 2.81. The number of aromatic amines is 1. The molecular formula is C20H27N5O2S2. The molecule has 0 radical (unpaired) electrons. The highest BCUT2D eigenvalue weighted by molar-refractivity contribution is 7.99. The number of carbonyl (C=O) groups excluding carboxylic acids is 1. The Morgan fingerprint density at radius 3 is 3.00 bits per heavy atom. The highest BCUT2D eigenvalue weighted by Gasteiger charge is 2.34. The minimum atomic E-state index is -0.159. The predicted molar refractivity (Wildman–Crippen MR) is 115 cm³/mol. The maximum atomic E-state index is 12.4. The third kappa shape index (κ3) is 5.00. The Balaban J connectivity index is 1.65. The Bertz CT molecular complexity index is 913. The van der Waals surface area contributed by atoms with Crippen LogP contribution in [0.2, 0.25) is 0 Å². The van der Waals surface area contributed by atoms with Crippen LogP contribution in [0.1, 0.15) is 55.4 Å². The number of hydrogen-bond acceptors (Lipinski definition) is 7. The summed E-state index contributed by atoms with van der Waals surface area (Å²) < 4.78 is 5.00. The van der Waals surface area contributed by atoms with Crippen LogP contribution >= 0.6 is 23.1 Å². The lowest BCUT2D eigenvalue weighted by molar-refractivity contribution is -0.113. The zero-order valence-electron chi connectivity index (χ0n) is 17.3. The summed E-state index contributed by atoms with van der Waals surface area (Å²) in [5.41, 5.74) is 2.05. The van der Waals surface area contributed by atoms with Gasteiger partial charge in [0.1, 0.15) is 17.7 Å². The Labute approximate surface area is 179 Å². The first kappa shape index (κ1) is 21.8. The van der Waals surface area contributed by atoms with Crippen molar-refractivity contribution in [1.29, 1.82) is 5.26 Å². The molecule has 1 aliphatic carbocycles. The van der Waals surface area contributed by atoms with Gasteiger partial charge in [0.05, 0.1) is 11.3 Å². The Kier molecular flexibility index (Phi) is 6.98. The zero-order chi connectivity index (χ0) is 21.0. The summed E-state index contributed by atoms with van der Waals surface area (Å²) in [5.74, 6) is 1.26. The van der Waals surface area contributed by atoms with E-state index in [1.54, 1.807) is 18.4 Å². The van der Waals surface area contributed by atoms with Gasteiger partial charge in [-0.2, -0.15) is 5.26 Å². The second-order valence-electron chi connectivity index (χ2n) is 7.94. The number of aromatic nitrogens is 3. The second kappa shape index (κ2) is 9.28. The zero-order valence-corrected chi connectivity index (χ0v) is 18.9. The Morgan fingerprint density at radius 1 is 1.52 bits per heavy atom. The minimum absolute atomic E-state index is 0.159. The molecule has 29 heavy (non-hydrogen) atoms. The van der Waals surface area contributed by atoms with Crippen molar-refractivity contribution in [2.45, 2.75) is 58.2 Å². The SMILES string of the molecule is CCC(C)(C)C1CCc2c(sc(NC(=O)CSc3n[nH]c(COC)n3)c2C#N)C1. The fourth-order valence-electron chi connectivity index (χ4n) is 3.58. The number of rotatable bonds is 8. The average molecular weight is 434 g/mol. The van der Waals surface area contributed by atoms with Crippen molar-refractivity contribution in [3.05, 3.63) is 21.8 Å². The third-order valence-corrected chi connectivity index (χ3v) is 7.79. The van der Waals surface area contributed by atoms with E-state index in [4.69, 9.17) is 4.74 Å². The topological polar surface area (TPSA) is 104 Å². The Hall–Kier alpha value is -1.89. The molecule has 1 unspecified atom stereocenters. The maximum Gasteiger partial charge on any atom is 0.235 e. The van der Waals surface area contributed by atoms with Crippen molar-refractivity contribution >= 4 is 34.0 Å². The molecule has 7 nitrogen and oxygen atoms in total. The number of amides is 1. The molecule has 0 aliphatic heterocycles. The summed E-state index contributed by atoms with van der Waals surface area (Å²) in [4.78, 5) is 17.9. The highest BCUT2D eigenvalue weighted by Crippen LogP contribution is 2.45. The molecule has 0 saturated heterocycles. The number of nitrogens with one attached hydrogen (secondary N) is 2. The van der Waals surface area contributed by atoms with E-state index < -0.39 is 0 Å². The van der Waals surface area contributed by atoms with Gasteiger partial charge in [-0.1, -0.05) is 39.0 Å². The number of carbonyl (C=O) groups is 1. The van der Waals surface area contributed by atoms with E-state index in [-0.39, 0.29) is 17.1 Å². The normalized spacial score (nSPS) is 16.3. The van der Waals surface area contributed by atoms with Crippen LogP contribution in [0.25, 0.3) is 0 Å². The lowest BCUT2D eigenvalue weighted by Gasteiger charge is -2.36. The summed E-state index contributed by atoms with van der Waals surface area (Å²) in [5, 5.41) is 20.6. The molecule has 1 atom stereocenters. The molecule has 156 valence electrons. The van der Waals surface area contributed by atoms with Crippen molar-refractivity contribution in [2.24, 2.45) is 11.3 Å². The van der Waals surface area contributed by atoms with Crippen LogP contribution in [-0.4, -0.2) is 34.0 Å². The number of methoxy groups -OCH3 is 1. The van der Waals surface area contributed by atoms with Crippen LogP contribution in [-0.2, 0) is 29.0 Å². The van der Waals surface area contributed by atoms with Crippen molar-refractivity contribution in [3.8, 4) is 6.07 Å². The molecule has 1 amide bonds. The number of thioether (sulfide) groups is 1. The first-order valence-corrected chi connectivity index (χ1v) is 11.6. The van der Waals surface area contributed by atoms with Crippen LogP contribution in [0.3, 0.4) is 0 Å². The van der Waals surface area contributed by atoms with Crippen molar-refractivity contribution < 1.29 is 9.53 Å². The van der Waals surface area contributed by atoms with Gasteiger partial charge >= 0.3 is 0 Å². The standard InChI is InChI=1S/C20H27N5O2S2/c1-5-20(2,3)12-6-7-13-14(9-21)18(29-15(13)8-12)23-17(26)11-28-19-22-16(10-27-4)24-25-19/h12H,5-8,10-11H2,1-4H3,(H,23,26)(H,22,24,25). The van der Waals surface area contributed by atoms with Gasteiger partial charge in [-0.25, -0.2) is 4.98 Å². The second-order valence-corrected chi connectivity index (χ2v) is 9.98. The van der Waals surface area contributed by atoms with Crippen LogP contribution in [0, 0.1) is 22.7 Å². The molecule has 0 bridgehead atoms. The molecule has 3 rings (SSSR count). The molecule has 2 heterocycles. The molecule has 0 spiro atoms. The third-order valence-electron chi connectivity index (χ3n) is 5.77. The summed E-state index contributed by atoms with van der Waals surface area (Å²) in [7, 11) is 1.58. The van der Waals surface area contributed by atoms with Gasteiger partial charge < -0.3 is 10.1 Å². The van der Waals surface area contributed by atoms with Gasteiger partial charge in [0.2, 0.25) is 11.1 Å². The quantitative estimate of drug-likeness (QED) is 0.606. The van der Waals surface area contributed by atoms with Crippen LogP contribution < -0.4 is 5.32 Å². The van der Waals surface area contributed by atoms with Gasteiger partial charge in [0.15, 0.2) is 5.82 Å². The van der Waals surface area contributed by atoms with Gasteiger partial charge in [0, 0.05) is 12.0 Å². The van der Waals surface area contributed by atoms with Gasteiger partial charge in [-0.3, -0.25) is 9.89 Å². The molecule has 2 aromatic heterocycles. The smallest absolute Gasteiger partial charge is 0.235 e. The molecule has 9 heteroatoms. The predicted octanol–water partition coefficient (Wildman–Crippen LogP) is 4.16. The highest BCUT2D eigenvalue weighted by atomic mass is 32.2. The van der Waals surface area contributed by atoms with Crippen molar-refractivity contribution in [2.75, 3.05) is 18.2 Å². The maximum absolute atomic E-state index is 12.4. The first-order valence-electron chi connectivity index (χ1n) is 9.75. The number of H-pyrrole nitrogens is 1. The lowest BCUT2D eigenvalue weighted by Crippen LogP contribution is -2.28. The van der Waals surface area contributed by atoms with E-state index in [1.165, 1.54) is 16.6 Å².